The van der Waals surface area contributed by atoms with Crippen molar-refractivity contribution in [2.24, 2.45) is 11.8 Å². The van der Waals surface area contributed by atoms with E-state index < -0.39 is 11.6 Å². The summed E-state index contributed by atoms with van der Waals surface area (Å²) in [6.07, 6.45) is 0. The summed E-state index contributed by atoms with van der Waals surface area (Å²) < 4.78 is 27.4. The minimum absolute atomic E-state index is 0. The van der Waals surface area contributed by atoms with Crippen LogP contribution < -0.4 is 9.80 Å². The van der Waals surface area contributed by atoms with Crippen molar-refractivity contribution in [1.82, 2.24) is 0 Å². The molecule has 1 aliphatic carbocycles. The molecule has 48 heavy (non-hydrogen) atoms. The van der Waals surface area contributed by atoms with Gasteiger partial charge < -0.3 is 37.5 Å². The Morgan fingerprint density at radius 1 is 0.625 bits per heavy atom. The average molecular weight is 676 g/mol. The number of amidine groups is 1. The van der Waals surface area contributed by atoms with Gasteiger partial charge in [0.2, 0.25) is 0 Å². The second kappa shape index (κ2) is 15.9. The number of fused-ring (bicyclic) bond motifs is 4. The predicted molar refractivity (Wildman–Crippen MR) is 195 cm³/mol. The van der Waals surface area contributed by atoms with Crippen LogP contribution in [0.4, 0.5) is 25.8 Å². The summed E-state index contributed by atoms with van der Waals surface area (Å²) in [5.74, 6) is 0.973. The van der Waals surface area contributed by atoms with Gasteiger partial charge in [-0.2, -0.15) is 0 Å². The largest absolute Gasteiger partial charge is 4.00 e. The van der Waals surface area contributed by atoms with Gasteiger partial charge in [-0.1, -0.05) is 117 Å². The number of benzene rings is 5. The SMILES string of the molecule is CC1C(C)C2c3ccccc3N(c3ccccc3)C2C1c1ccccc1.[CH3-].[CH3-].[CH3-].[N-]=C1c2ccccc2CN1c1c(F)cccc1F.[Ti+4]. The van der Waals surface area contributed by atoms with Crippen LogP contribution in [0.1, 0.15) is 47.9 Å². The van der Waals surface area contributed by atoms with E-state index in [4.69, 9.17) is 0 Å². The number of hydrogen-bond acceptors (Lipinski definition) is 1. The van der Waals surface area contributed by atoms with Crippen molar-refractivity contribution < 1.29 is 30.5 Å². The van der Waals surface area contributed by atoms with E-state index in [0.717, 1.165) is 5.56 Å². The molecule has 2 aliphatic heterocycles. The van der Waals surface area contributed by atoms with Crippen LogP contribution in [0.5, 0.6) is 0 Å². The smallest absolute Gasteiger partial charge is 0.464 e. The molecule has 0 radical (unpaired) electrons. The number of nitrogens with zero attached hydrogens (tertiary/aromatic N) is 3. The van der Waals surface area contributed by atoms with E-state index in [-0.39, 0.29) is 62.1 Å². The molecule has 6 heteroatoms. The maximum absolute atomic E-state index is 13.7. The summed E-state index contributed by atoms with van der Waals surface area (Å²) in [6, 6.07) is 42.4. The third-order valence-corrected chi connectivity index (χ3v) is 9.82. The zero-order chi connectivity index (χ0) is 30.4. The molecule has 244 valence electrons. The van der Waals surface area contributed by atoms with E-state index in [1.54, 1.807) is 12.1 Å². The van der Waals surface area contributed by atoms with Gasteiger partial charge in [0, 0.05) is 34.9 Å². The molecule has 2 heterocycles. The number of halogens is 2. The Hall–Kier alpha value is -4.06. The summed E-state index contributed by atoms with van der Waals surface area (Å²) in [7, 11) is 0. The van der Waals surface area contributed by atoms with E-state index in [9.17, 15) is 14.2 Å². The molecule has 5 atom stereocenters. The van der Waals surface area contributed by atoms with E-state index in [1.165, 1.54) is 45.6 Å². The molecular formula is C42H43F2N3Ti. The van der Waals surface area contributed by atoms with Gasteiger partial charge in [-0.05, 0) is 71.0 Å². The predicted octanol–water partition coefficient (Wildman–Crippen LogP) is 11.0. The molecule has 0 spiro atoms. The zero-order valence-electron chi connectivity index (χ0n) is 28.3. The van der Waals surface area contributed by atoms with Gasteiger partial charge in [-0.15, -0.1) is 0 Å². The summed E-state index contributed by atoms with van der Waals surface area (Å²) in [4.78, 5) is 3.87. The van der Waals surface area contributed by atoms with E-state index in [2.05, 4.69) is 104 Å². The molecule has 5 unspecified atom stereocenters. The van der Waals surface area contributed by atoms with Gasteiger partial charge >= 0.3 is 21.7 Å². The summed E-state index contributed by atoms with van der Waals surface area (Å²) in [5, 5.41) is 10.1. The Kier molecular flexibility index (Phi) is 12.7. The molecule has 8 rings (SSSR count). The Morgan fingerprint density at radius 3 is 1.81 bits per heavy atom. The van der Waals surface area contributed by atoms with Crippen molar-refractivity contribution in [3.05, 3.63) is 189 Å². The fourth-order valence-corrected chi connectivity index (χ4v) is 7.71. The van der Waals surface area contributed by atoms with Gasteiger partial charge in [0.15, 0.2) is 0 Å². The first kappa shape index (κ1) is 38.4. The Balaban J connectivity index is 0.000000254. The van der Waals surface area contributed by atoms with Crippen LogP contribution in [-0.2, 0) is 28.3 Å². The van der Waals surface area contributed by atoms with Crippen LogP contribution >= 0.6 is 0 Å². The number of rotatable bonds is 3. The van der Waals surface area contributed by atoms with Crippen molar-refractivity contribution in [3.63, 3.8) is 0 Å². The maximum atomic E-state index is 13.7. The van der Waals surface area contributed by atoms with Gasteiger partial charge in [-0.3, -0.25) is 0 Å². The van der Waals surface area contributed by atoms with E-state index in [0.29, 0.717) is 35.3 Å². The molecule has 3 aliphatic rings. The molecule has 1 saturated carbocycles. The standard InChI is InChI=1S/C25H25N.C14H9F2N2.3CH3.Ti/c1-17-18(2)24-21-15-9-10-16-22(21)26(20-13-7-4-8-14-20)25(24)23(17)19-11-5-3-6-12-19;15-11-6-3-7-12(16)13(11)18-8-9-4-1-2-5-10(9)14(18)17;;;;/h3-18,23-25H,1-2H3;1-7H,8H2;3*1H3;/q;4*-1;+4. The molecule has 0 aromatic heterocycles. The zero-order valence-corrected chi connectivity index (χ0v) is 29.9. The van der Waals surface area contributed by atoms with Gasteiger partial charge in [0.25, 0.3) is 0 Å². The van der Waals surface area contributed by atoms with Crippen LogP contribution in [0.2, 0.25) is 0 Å². The fourth-order valence-electron chi connectivity index (χ4n) is 7.71. The van der Waals surface area contributed by atoms with E-state index >= 15 is 0 Å². The van der Waals surface area contributed by atoms with Crippen molar-refractivity contribution >= 4 is 22.9 Å². The minimum Gasteiger partial charge on any atom is -0.464 e. The molecule has 0 bridgehead atoms. The monoisotopic (exact) mass is 675 g/mol. The van der Waals surface area contributed by atoms with Crippen LogP contribution in [-0.4, -0.2) is 11.9 Å². The fraction of sp³-hybridized carbons (Fsp3) is 0.190. The van der Waals surface area contributed by atoms with Crippen molar-refractivity contribution in [1.29, 1.82) is 0 Å². The quantitative estimate of drug-likeness (QED) is 0.141. The van der Waals surface area contributed by atoms with E-state index in [1.807, 2.05) is 12.1 Å². The van der Waals surface area contributed by atoms with Crippen LogP contribution in [0.25, 0.3) is 5.41 Å². The molecule has 0 N–H and O–H groups in total. The Bertz CT molecular complexity index is 1790. The van der Waals surface area contributed by atoms with Crippen molar-refractivity contribution in [3.8, 4) is 0 Å². The second-order valence-corrected chi connectivity index (χ2v) is 12.1. The third-order valence-electron chi connectivity index (χ3n) is 9.82. The first-order chi connectivity index (χ1) is 21.5. The molecule has 3 nitrogen and oxygen atoms in total. The van der Waals surface area contributed by atoms with Gasteiger partial charge in [-0.25, -0.2) is 8.78 Å². The maximum Gasteiger partial charge on any atom is 4.00 e. The molecule has 1 fully saturated rings. The van der Waals surface area contributed by atoms with Crippen molar-refractivity contribution in [2.75, 3.05) is 9.80 Å². The normalized spacial score (nSPS) is 21.2. The first-order valence-electron chi connectivity index (χ1n) is 15.3. The molecular weight excluding hydrogens is 632 g/mol. The number of hydrogen-bond donors (Lipinski definition) is 0. The molecule has 5 aromatic rings. The van der Waals surface area contributed by atoms with Gasteiger partial charge in [0.1, 0.15) is 11.6 Å². The Morgan fingerprint density at radius 2 is 1.17 bits per heavy atom. The number of para-hydroxylation sites is 3. The topological polar surface area (TPSA) is 28.8 Å². The Labute approximate surface area is 301 Å². The summed E-state index contributed by atoms with van der Waals surface area (Å²) in [5.41, 5.74) is 6.96. The molecule has 0 saturated heterocycles. The van der Waals surface area contributed by atoms with Crippen molar-refractivity contribution in [2.45, 2.75) is 38.3 Å². The average Bonchev–Trinajstić information content (AvgIpc) is 3.65. The molecule has 5 aromatic carbocycles. The number of anilines is 3. The minimum atomic E-state index is -0.686. The summed E-state index contributed by atoms with van der Waals surface area (Å²) in [6.45, 7) is 5.17. The van der Waals surface area contributed by atoms with Crippen LogP contribution in [0.15, 0.2) is 127 Å². The summed E-state index contributed by atoms with van der Waals surface area (Å²) >= 11 is 0. The van der Waals surface area contributed by atoms with Gasteiger partial charge in [0.05, 0.1) is 0 Å². The first-order valence-corrected chi connectivity index (χ1v) is 15.3. The van der Waals surface area contributed by atoms with Crippen LogP contribution in [0, 0.1) is 45.8 Å². The van der Waals surface area contributed by atoms with Crippen LogP contribution in [0.3, 0.4) is 0 Å². The third kappa shape index (κ3) is 6.51. The molecule has 0 amide bonds. The second-order valence-electron chi connectivity index (χ2n) is 12.1.